The number of rotatable bonds is 2. The SMILES string of the molecule is Cn1cc(N2CC[C@H](N3C(=O)[C@@H]4CCCN4C3=O)C2=O)cn1. The molecule has 1 aromatic heterocycles. The van der Waals surface area contributed by atoms with Crippen LogP contribution in [0, 0.1) is 0 Å². The second kappa shape index (κ2) is 4.56. The fraction of sp³-hybridized carbons (Fsp3) is 0.571. The third kappa shape index (κ3) is 1.69. The molecular formula is C14H17N5O3. The van der Waals surface area contributed by atoms with Crippen LogP contribution < -0.4 is 4.90 Å². The number of imide groups is 1. The minimum Gasteiger partial charge on any atom is -0.312 e. The highest BCUT2D eigenvalue weighted by molar-refractivity contribution is 6.10. The summed E-state index contributed by atoms with van der Waals surface area (Å²) in [6.45, 7) is 1.11. The summed E-state index contributed by atoms with van der Waals surface area (Å²) < 4.78 is 1.62. The Morgan fingerprint density at radius 1 is 1.09 bits per heavy atom. The van der Waals surface area contributed by atoms with E-state index in [0.717, 1.165) is 6.42 Å². The molecule has 8 heteroatoms. The lowest BCUT2D eigenvalue weighted by Crippen LogP contribution is -2.46. The zero-order valence-corrected chi connectivity index (χ0v) is 12.3. The summed E-state index contributed by atoms with van der Waals surface area (Å²) in [7, 11) is 1.78. The number of urea groups is 1. The topological polar surface area (TPSA) is 78.8 Å². The van der Waals surface area contributed by atoms with Crippen LogP contribution >= 0.6 is 0 Å². The molecule has 4 heterocycles. The van der Waals surface area contributed by atoms with Gasteiger partial charge >= 0.3 is 6.03 Å². The number of nitrogens with zero attached hydrogens (tertiary/aromatic N) is 5. The first kappa shape index (κ1) is 13.3. The molecule has 0 saturated carbocycles. The van der Waals surface area contributed by atoms with Gasteiger partial charge < -0.3 is 9.80 Å². The maximum absolute atomic E-state index is 12.6. The minimum absolute atomic E-state index is 0.198. The van der Waals surface area contributed by atoms with Gasteiger partial charge in [0.05, 0.1) is 11.9 Å². The standard InChI is InChI=1S/C14H17N5O3/c1-16-8-9(7-15-16)17-6-4-11(12(17)20)19-13(21)10-3-2-5-18(10)14(19)22/h7-8,10-11H,2-6H2,1H3/t10-,11-/m0/s1. The van der Waals surface area contributed by atoms with Crippen LogP contribution in [0.25, 0.3) is 0 Å². The van der Waals surface area contributed by atoms with E-state index in [1.165, 1.54) is 4.90 Å². The first-order valence-corrected chi connectivity index (χ1v) is 7.51. The van der Waals surface area contributed by atoms with Crippen molar-refractivity contribution in [2.24, 2.45) is 7.05 Å². The first-order valence-electron chi connectivity index (χ1n) is 7.51. The second-order valence-corrected chi connectivity index (χ2v) is 6.01. The van der Waals surface area contributed by atoms with E-state index in [-0.39, 0.29) is 23.9 Å². The van der Waals surface area contributed by atoms with E-state index in [9.17, 15) is 14.4 Å². The number of carbonyl (C=O) groups excluding carboxylic acids is 3. The van der Waals surface area contributed by atoms with Crippen LogP contribution in [0.1, 0.15) is 19.3 Å². The van der Waals surface area contributed by atoms with Crippen molar-refractivity contribution in [3.05, 3.63) is 12.4 Å². The van der Waals surface area contributed by atoms with Gasteiger partial charge in [0, 0.05) is 26.3 Å². The summed E-state index contributed by atoms with van der Waals surface area (Å²) in [4.78, 5) is 41.9. The van der Waals surface area contributed by atoms with Gasteiger partial charge in [0.15, 0.2) is 0 Å². The highest BCUT2D eigenvalue weighted by Crippen LogP contribution is 2.32. The maximum Gasteiger partial charge on any atom is 0.328 e. The second-order valence-electron chi connectivity index (χ2n) is 6.01. The Morgan fingerprint density at radius 3 is 2.59 bits per heavy atom. The van der Waals surface area contributed by atoms with Crippen LogP contribution in [0.15, 0.2) is 12.4 Å². The molecule has 3 saturated heterocycles. The quantitative estimate of drug-likeness (QED) is 0.718. The molecule has 0 aliphatic carbocycles. The molecule has 4 amide bonds. The molecule has 8 nitrogen and oxygen atoms in total. The van der Waals surface area contributed by atoms with Crippen molar-refractivity contribution in [3.8, 4) is 0 Å². The Morgan fingerprint density at radius 2 is 1.91 bits per heavy atom. The van der Waals surface area contributed by atoms with Gasteiger partial charge in [-0.15, -0.1) is 0 Å². The minimum atomic E-state index is -0.675. The van der Waals surface area contributed by atoms with Crippen molar-refractivity contribution in [1.82, 2.24) is 19.6 Å². The summed E-state index contributed by atoms with van der Waals surface area (Å²) in [5.74, 6) is -0.412. The van der Waals surface area contributed by atoms with Crippen LogP contribution in [0.4, 0.5) is 10.5 Å². The predicted molar refractivity (Wildman–Crippen MR) is 75.9 cm³/mol. The molecule has 0 radical (unpaired) electrons. The zero-order valence-electron chi connectivity index (χ0n) is 12.3. The van der Waals surface area contributed by atoms with Crippen molar-refractivity contribution in [2.45, 2.75) is 31.3 Å². The largest absolute Gasteiger partial charge is 0.328 e. The van der Waals surface area contributed by atoms with E-state index in [2.05, 4.69) is 5.10 Å². The highest BCUT2D eigenvalue weighted by Gasteiger charge is 2.53. The molecule has 0 unspecified atom stereocenters. The molecule has 0 N–H and O–H groups in total. The van der Waals surface area contributed by atoms with E-state index >= 15 is 0 Å². The molecule has 0 spiro atoms. The summed E-state index contributed by atoms with van der Waals surface area (Å²) in [5, 5.41) is 4.06. The summed E-state index contributed by atoms with van der Waals surface area (Å²) in [5.41, 5.74) is 0.703. The number of fused-ring (bicyclic) bond motifs is 1. The van der Waals surface area contributed by atoms with Crippen molar-refractivity contribution in [2.75, 3.05) is 18.0 Å². The summed E-state index contributed by atoms with van der Waals surface area (Å²) >= 11 is 0. The Kier molecular flexibility index (Phi) is 2.75. The van der Waals surface area contributed by atoms with Crippen molar-refractivity contribution in [1.29, 1.82) is 0 Å². The monoisotopic (exact) mass is 303 g/mol. The van der Waals surface area contributed by atoms with E-state index in [0.29, 0.717) is 31.6 Å². The Balaban J connectivity index is 1.58. The lowest BCUT2D eigenvalue weighted by Gasteiger charge is -2.21. The van der Waals surface area contributed by atoms with Gasteiger partial charge in [0.2, 0.25) is 0 Å². The van der Waals surface area contributed by atoms with Crippen LogP contribution in [-0.2, 0) is 16.6 Å². The number of carbonyl (C=O) groups is 3. The lowest BCUT2D eigenvalue weighted by molar-refractivity contribution is -0.133. The molecule has 0 bridgehead atoms. The van der Waals surface area contributed by atoms with Crippen LogP contribution in [-0.4, -0.2) is 62.6 Å². The molecule has 3 aliphatic rings. The van der Waals surface area contributed by atoms with Gasteiger partial charge in [0.25, 0.3) is 11.8 Å². The summed E-state index contributed by atoms with van der Waals surface area (Å²) in [6, 6.07) is -1.34. The van der Waals surface area contributed by atoms with E-state index in [1.807, 2.05) is 0 Å². The van der Waals surface area contributed by atoms with Gasteiger partial charge in [-0.3, -0.25) is 14.3 Å². The van der Waals surface area contributed by atoms with Crippen LogP contribution in [0.2, 0.25) is 0 Å². The average molecular weight is 303 g/mol. The number of anilines is 1. The molecular weight excluding hydrogens is 286 g/mol. The van der Waals surface area contributed by atoms with Crippen molar-refractivity contribution in [3.63, 3.8) is 0 Å². The Bertz CT molecular complexity index is 647. The van der Waals surface area contributed by atoms with Crippen LogP contribution in [0.3, 0.4) is 0 Å². The van der Waals surface area contributed by atoms with Gasteiger partial charge in [-0.05, 0) is 19.3 Å². The van der Waals surface area contributed by atoms with Gasteiger partial charge in [-0.2, -0.15) is 5.10 Å². The fourth-order valence-corrected chi connectivity index (χ4v) is 3.64. The average Bonchev–Trinajstić information content (AvgIpc) is 3.21. The fourth-order valence-electron chi connectivity index (χ4n) is 3.64. The molecule has 4 rings (SSSR count). The summed E-state index contributed by atoms with van der Waals surface area (Å²) in [6.07, 6.45) is 5.41. The number of aryl methyl sites for hydroxylation is 1. The Labute approximate surface area is 127 Å². The molecule has 1 aromatic rings. The number of hydrogen-bond acceptors (Lipinski definition) is 4. The normalized spacial score (nSPS) is 28.2. The molecule has 3 aliphatic heterocycles. The van der Waals surface area contributed by atoms with Gasteiger partial charge in [-0.25, -0.2) is 9.69 Å². The van der Waals surface area contributed by atoms with Crippen LogP contribution in [0.5, 0.6) is 0 Å². The van der Waals surface area contributed by atoms with Crippen molar-refractivity contribution < 1.29 is 14.4 Å². The van der Waals surface area contributed by atoms with E-state index < -0.39 is 6.04 Å². The van der Waals surface area contributed by atoms with Gasteiger partial charge in [-0.1, -0.05) is 0 Å². The molecule has 116 valence electrons. The smallest absolute Gasteiger partial charge is 0.312 e. The number of hydrogen-bond donors (Lipinski definition) is 0. The number of amides is 4. The maximum atomic E-state index is 12.6. The Hall–Kier alpha value is -2.38. The van der Waals surface area contributed by atoms with E-state index in [4.69, 9.17) is 0 Å². The predicted octanol–water partition coefficient (Wildman–Crippen LogP) is -0.0480. The lowest BCUT2D eigenvalue weighted by atomic mass is 10.1. The molecule has 0 aromatic carbocycles. The third-order valence-corrected chi connectivity index (χ3v) is 4.72. The van der Waals surface area contributed by atoms with Gasteiger partial charge in [0.1, 0.15) is 12.1 Å². The van der Waals surface area contributed by atoms with Crippen molar-refractivity contribution >= 4 is 23.5 Å². The molecule has 2 atom stereocenters. The highest BCUT2D eigenvalue weighted by atomic mass is 16.2. The first-order chi connectivity index (χ1) is 10.6. The third-order valence-electron chi connectivity index (χ3n) is 4.72. The molecule has 3 fully saturated rings. The number of aromatic nitrogens is 2. The van der Waals surface area contributed by atoms with E-state index in [1.54, 1.807) is 33.9 Å². The molecule has 22 heavy (non-hydrogen) atoms. The zero-order chi connectivity index (χ0) is 15.4.